The van der Waals surface area contributed by atoms with Gasteiger partial charge in [0.15, 0.2) is 0 Å². The lowest BCUT2D eigenvalue weighted by atomic mass is 10.0. The molecule has 2 aliphatic rings. The molecule has 1 aromatic carbocycles. The van der Waals surface area contributed by atoms with E-state index in [4.69, 9.17) is 0 Å². The number of hydrogen-bond acceptors (Lipinski definition) is 2. The van der Waals surface area contributed by atoms with Crippen molar-refractivity contribution in [3.05, 3.63) is 35.4 Å². The first-order valence-electron chi connectivity index (χ1n) is 5.93. The minimum Gasteiger partial charge on any atom is -0.329 e. The SMILES string of the molecule is CCN1CCN2C(=O)c3ccccc3[C@H]2C1.Cl. The van der Waals surface area contributed by atoms with Crippen molar-refractivity contribution < 1.29 is 4.79 Å². The van der Waals surface area contributed by atoms with Crippen LogP contribution in [0.4, 0.5) is 0 Å². The molecule has 1 amide bonds. The molecule has 17 heavy (non-hydrogen) atoms. The maximum absolute atomic E-state index is 12.1. The highest BCUT2D eigenvalue weighted by molar-refractivity contribution is 5.99. The number of fused-ring (bicyclic) bond motifs is 3. The largest absolute Gasteiger partial charge is 0.329 e. The fraction of sp³-hybridized carbons (Fsp3) is 0.462. The fourth-order valence-corrected chi connectivity index (χ4v) is 2.77. The number of hydrogen-bond donors (Lipinski definition) is 0. The van der Waals surface area contributed by atoms with Crippen molar-refractivity contribution in [2.45, 2.75) is 13.0 Å². The van der Waals surface area contributed by atoms with E-state index in [1.165, 1.54) is 5.56 Å². The van der Waals surface area contributed by atoms with Gasteiger partial charge in [-0.1, -0.05) is 25.1 Å². The molecular weight excluding hydrogens is 236 g/mol. The number of nitrogens with zero attached hydrogens (tertiary/aromatic N) is 2. The number of halogens is 1. The quantitative estimate of drug-likeness (QED) is 0.763. The summed E-state index contributed by atoms with van der Waals surface area (Å²) < 4.78 is 0. The Bertz CT molecular complexity index is 435. The van der Waals surface area contributed by atoms with Gasteiger partial charge in [-0.3, -0.25) is 9.69 Å². The lowest BCUT2D eigenvalue weighted by Crippen LogP contribution is -2.47. The Morgan fingerprint density at radius 2 is 2.06 bits per heavy atom. The van der Waals surface area contributed by atoms with E-state index in [2.05, 4.69) is 17.9 Å². The minimum absolute atomic E-state index is 0. The summed E-state index contributed by atoms with van der Waals surface area (Å²) in [5.74, 6) is 0.219. The number of carbonyl (C=O) groups is 1. The normalized spacial score (nSPS) is 23.0. The number of piperazine rings is 1. The molecule has 3 rings (SSSR count). The van der Waals surface area contributed by atoms with Crippen molar-refractivity contribution in [2.75, 3.05) is 26.2 Å². The molecule has 0 saturated carbocycles. The predicted molar refractivity (Wildman–Crippen MR) is 69.6 cm³/mol. The van der Waals surface area contributed by atoms with Gasteiger partial charge >= 0.3 is 0 Å². The van der Waals surface area contributed by atoms with E-state index in [1.807, 2.05) is 23.1 Å². The molecule has 1 aromatic rings. The van der Waals surface area contributed by atoms with E-state index in [9.17, 15) is 4.79 Å². The summed E-state index contributed by atoms with van der Waals surface area (Å²) in [5.41, 5.74) is 2.12. The van der Waals surface area contributed by atoms with Crippen molar-refractivity contribution in [3.8, 4) is 0 Å². The first-order chi connectivity index (χ1) is 7.81. The molecule has 3 nitrogen and oxygen atoms in total. The molecule has 0 N–H and O–H groups in total. The van der Waals surface area contributed by atoms with Crippen LogP contribution in [0.15, 0.2) is 24.3 Å². The summed E-state index contributed by atoms with van der Waals surface area (Å²) >= 11 is 0. The summed E-state index contributed by atoms with van der Waals surface area (Å²) in [6.45, 7) is 6.11. The van der Waals surface area contributed by atoms with Crippen LogP contribution >= 0.6 is 12.4 Å². The average molecular weight is 253 g/mol. The number of carbonyl (C=O) groups excluding carboxylic acids is 1. The van der Waals surface area contributed by atoms with Gasteiger partial charge in [0.2, 0.25) is 0 Å². The van der Waals surface area contributed by atoms with Crippen LogP contribution in [0.2, 0.25) is 0 Å². The van der Waals surface area contributed by atoms with E-state index in [0.29, 0.717) is 0 Å². The molecule has 1 fully saturated rings. The van der Waals surface area contributed by atoms with E-state index in [1.54, 1.807) is 0 Å². The maximum atomic E-state index is 12.1. The first kappa shape index (κ1) is 12.4. The van der Waals surface area contributed by atoms with Crippen LogP contribution < -0.4 is 0 Å². The van der Waals surface area contributed by atoms with Crippen molar-refractivity contribution in [1.82, 2.24) is 9.80 Å². The zero-order valence-electron chi connectivity index (χ0n) is 9.93. The second-order valence-corrected chi connectivity index (χ2v) is 4.49. The molecule has 0 aliphatic carbocycles. The third-order valence-corrected chi connectivity index (χ3v) is 3.72. The van der Waals surface area contributed by atoms with Crippen LogP contribution in [0.1, 0.15) is 28.9 Å². The second kappa shape index (κ2) is 4.67. The lowest BCUT2D eigenvalue weighted by molar-refractivity contribution is 0.0535. The van der Waals surface area contributed by atoms with Gasteiger partial charge in [-0.25, -0.2) is 0 Å². The fourth-order valence-electron chi connectivity index (χ4n) is 2.77. The Hall–Kier alpha value is -1.06. The van der Waals surface area contributed by atoms with Crippen LogP contribution in [-0.2, 0) is 0 Å². The zero-order valence-corrected chi connectivity index (χ0v) is 10.7. The molecule has 4 heteroatoms. The Morgan fingerprint density at radius 1 is 1.29 bits per heavy atom. The third kappa shape index (κ3) is 1.83. The minimum atomic E-state index is 0. The standard InChI is InChI=1S/C13H16N2O.ClH/c1-2-14-7-8-15-12(9-14)10-5-3-4-6-11(10)13(15)16;/h3-6,12H,2,7-9H2,1H3;1H/t12-;/m1./s1. The molecule has 0 aromatic heterocycles. The molecule has 1 saturated heterocycles. The molecule has 2 aliphatic heterocycles. The van der Waals surface area contributed by atoms with Crippen LogP contribution in [0, 0.1) is 0 Å². The predicted octanol–water partition coefficient (Wildman–Crippen LogP) is 1.94. The molecular formula is C13H17ClN2O. The Morgan fingerprint density at radius 3 is 2.82 bits per heavy atom. The van der Waals surface area contributed by atoms with Crippen LogP contribution in [0.5, 0.6) is 0 Å². The summed E-state index contributed by atoms with van der Waals surface area (Å²) in [6.07, 6.45) is 0. The summed E-state index contributed by atoms with van der Waals surface area (Å²) in [5, 5.41) is 0. The molecule has 2 heterocycles. The molecule has 0 unspecified atom stereocenters. The number of rotatable bonds is 1. The van der Waals surface area contributed by atoms with Crippen LogP contribution in [-0.4, -0.2) is 41.9 Å². The first-order valence-corrected chi connectivity index (χ1v) is 5.93. The van der Waals surface area contributed by atoms with E-state index in [0.717, 1.165) is 31.7 Å². The monoisotopic (exact) mass is 252 g/mol. The Balaban J connectivity index is 0.00000108. The molecule has 0 radical (unpaired) electrons. The topological polar surface area (TPSA) is 23.6 Å². The average Bonchev–Trinajstić information content (AvgIpc) is 2.64. The molecule has 0 bridgehead atoms. The van der Waals surface area contributed by atoms with E-state index < -0.39 is 0 Å². The smallest absolute Gasteiger partial charge is 0.254 e. The van der Waals surface area contributed by atoms with Crippen molar-refractivity contribution in [1.29, 1.82) is 0 Å². The Labute approximate surface area is 108 Å². The number of likely N-dealkylation sites (N-methyl/N-ethyl adjacent to an activating group) is 1. The van der Waals surface area contributed by atoms with Gasteiger partial charge in [-0.05, 0) is 18.2 Å². The number of benzene rings is 1. The van der Waals surface area contributed by atoms with Crippen LogP contribution in [0.25, 0.3) is 0 Å². The van der Waals surface area contributed by atoms with E-state index >= 15 is 0 Å². The van der Waals surface area contributed by atoms with Gasteiger partial charge in [-0.15, -0.1) is 12.4 Å². The zero-order chi connectivity index (χ0) is 11.1. The van der Waals surface area contributed by atoms with Crippen molar-refractivity contribution in [3.63, 3.8) is 0 Å². The maximum Gasteiger partial charge on any atom is 0.254 e. The Kier molecular flexibility index (Phi) is 3.40. The molecule has 1 atom stereocenters. The second-order valence-electron chi connectivity index (χ2n) is 4.49. The van der Waals surface area contributed by atoms with Crippen molar-refractivity contribution in [2.24, 2.45) is 0 Å². The van der Waals surface area contributed by atoms with Gasteiger partial charge < -0.3 is 4.90 Å². The highest BCUT2D eigenvalue weighted by Crippen LogP contribution is 2.35. The summed E-state index contributed by atoms with van der Waals surface area (Å²) in [7, 11) is 0. The highest BCUT2D eigenvalue weighted by atomic mass is 35.5. The third-order valence-electron chi connectivity index (χ3n) is 3.72. The van der Waals surface area contributed by atoms with Gasteiger partial charge in [0.05, 0.1) is 6.04 Å². The van der Waals surface area contributed by atoms with Gasteiger partial charge in [0.25, 0.3) is 5.91 Å². The highest BCUT2D eigenvalue weighted by Gasteiger charge is 2.39. The van der Waals surface area contributed by atoms with Gasteiger partial charge in [0, 0.05) is 25.2 Å². The molecule has 92 valence electrons. The van der Waals surface area contributed by atoms with Gasteiger partial charge in [-0.2, -0.15) is 0 Å². The number of amides is 1. The van der Waals surface area contributed by atoms with Crippen molar-refractivity contribution >= 4 is 18.3 Å². The van der Waals surface area contributed by atoms with Gasteiger partial charge in [0.1, 0.15) is 0 Å². The summed E-state index contributed by atoms with van der Waals surface area (Å²) in [4.78, 5) is 16.6. The lowest BCUT2D eigenvalue weighted by Gasteiger charge is -2.37. The molecule has 0 spiro atoms. The van der Waals surface area contributed by atoms with Crippen LogP contribution in [0.3, 0.4) is 0 Å². The summed E-state index contributed by atoms with van der Waals surface area (Å²) in [6, 6.07) is 8.31. The van der Waals surface area contributed by atoms with E-state index in [-0.39, 0.29) is 24.4 Å².